The van der Waals surface area contributed by atoms with E-state index in [4.69, 9.17) is 5.26 Å². The molecule has 0 aliphatic carbocycles. The Labute approximate surface area is 162 Å². The van der Waals surface area contributed by atoms with Crippen LogP contribution >= 0.6 is 0 Å². The molecule has 0 saturated carbocycles. The van der Waals surface area contributed by atoms with Crippen LogP contribution in [0.25, 0.3) is 0 Å². The summed E-state index contributed by atoms with van der Waals surface area (Å²) < 4.78 is 0. The van der Waals surface area contributed by atoms with Crippen LogP contribution in [-0.4, -0.2) is 12.5 Å². The average Bonchev–Trinajstić information content (AvgIpc) is 2.63. The van der Waals surface area contributed by atoms with Gasteiger partial charge in [0.25, 0.3) is 0 Å². The highest BCUT2D eigenvalue weighted by atomic mass is 16.1. The Kier molecular flexibility index (Phi) is 7.57. The lowest BCUT2D eigenvalue weighted by atomic mass is 9.93. The molecule has 0 radical (unpaired) electrons. The Balaban J connectivity index is 2.00. The number of benzene rings is 2. The molecule has 0 spiro atoms. The molecule has 1 amide bonds. The minimum Gasteiger partial charge on any atom is -0.324 e. The number of rotatable bonds is 8. The van der Waals surface area contributed by atoms with Crippen LogP contribution in [0.1, 0.15) is 50.4 Å². The predicted molar refractivity (Wildman–Crippen MR) is 110 cm³/mol. The lowest BCUT2D eigenvalue weighted by Gasteiger charge is -2.23. The Hall–Kier alpha value is -2.64. The number of para-hydroxylation sites is 1. The number of nitrogens with one attached hydrogen (secondary N) is 2. The monoisotopic (exact) mass is 363 g/mol. The molecular formula is C23H29N3O. The van der Waals surface area contributed by atoms with Crippen LogP contribution in [0.15, 0.2) is 48.5 Å². The van der Waals surface area contributed by atoms with Gasteiger partial charge < -0.3 is 10.6 Å². The van der Waals surface area contributed by atoms with Crippen molar-refractivity contribution in [2.45, 2.75) is 40.2 Å². The number of carbonyl (C=O) groups is 1. The average molecular weight is 364 g/mol. The highest BCUT2D eigenvalue weighted by Gasteiger charge is 2.17. The van der Waals surface area contributed by atoms with Gasteiger partial charge in [-0.1, -0.05) is 64.1 Å². The van der Waals surface area contributed by atoms with Crippen LogP contribution in [-0.2, 0) is 11.2 Å². The molecule has 4 heteroatoms. The maximum Gasteiger partial charge on any atom is 0.238 e. The normalized spacial score (nSPS) is 12.0. The molecule has 4 nitrogen and oxygen atoms in total. The van der Waals surface area contributed by atoms with Crippen molar-refractivity contribution in [2.75, 3.05) is 11.9 Å². The second kappa shape index (κ2) is 9.89. The molecule has 0 aliphatic rings. The van der Waals surface area contributed by atoms with Gasteiger partial charge >= 0.3 is 0 Å². The van der Waals surface area contributed by atoms with Gasteiger partial charge in [-0.15, -0.1) is 0 Å². The number of amides is 1. The third-order valence-corrected chi connectivity index (χ3v) is 4.45. The van der Waals surface area contributed by atoms with Crippen molar-refractivity contribution < 1.29 is 4.79 Å². The standard InChI is InChI=1S/C23H29N3O/c1-16(2)13-18-9-11-19(12-10-18)23(17(3)4)25-15-22(27)26-21-8-6-5-7-20(21)14-24/h5-12,16-17,23,25H,13,15H2,1-4H3,(H,26,27)/t23-/m1/s1. The molecule has 0 saturated heterocycles. The summed E-state index contributed by atoms with van der Waals surface area (Å²) >= 11 is 0. The first-order chi connectivity index (χ1) is 12.9. The topological polar surface area (TPSA) is 64.9 Å². The fourth-order valence-corrected chi connectivity index (χ4v) is 3.16. The maximum absolute atomic E-state index is 12.3. The van der Waals surface area contributed by atoms with E-state index in [1.165, 1.54) is 11.1 Å². The molecular weight excluding hydrogens is 334 g/mol. The summed E-state index contributed by atoms with van der Waals surface area (Å²) in [5.41, 5.74) is 3.53. The highest BCUT2D eigenvalue weighted by Crippen LogP contribution is 2.23. The third-order valence-electron chi connectivity index (χ3n) is 4.45. The first-order valence-electron chi connectivity index (χ1n) is 9.52. The van der Waals surface area contributed by atoms with E-state index in [1.54, 1.807) is 24.3 Å². The molecule has 0 bridgehead atoms. The summed E-state index contributed by atoms with van der Waals surface area (Å²) in [7, 11) is 0. The van der Waals surface area contributed by atoms with Gasteiger partial charge in [-0.2, -0.15) is 5.26 Å². The van der Waals surface area contributed by atoms with Crippen LogP contribution in [0.2, 0.25) is 0 Å². The molecule has 0 fully saturated rings. The summed E-state index contributed by atoms with van der Waals surface area (Å²) in [5, 5.41) is 15.3. The summed E-state index contributed by atoms with van der Waals surface area (Å²) in [5.74, 6) is 0.828. The van der Waals surface area contributed by atoms with E-state index in [9.17, 15) is 4.79 Å². The van der Waals surface area contributed by atoms with Crippen molar-refractivity contribution in [1.29, 1.82) is 5.26 Å². The van der Waals surface area contributed by atoms with Gasteiger partial charge in [-0.25, -0.2) is 0 Å². The van der Waals surface area contributed by atoms with E-state index < -0.39 is 0 Å². The van der Waals surface area contributed by atoms with Gasteiger partial charge in [0, 0.05) is 6.04 Å². The molecule has 0 aliphatic heterocycles. The highest BCUT2D eigenvalue weighted by molar-refractivity contribution is 5.93. The van der Waals surface area contributed by atoms with Crippen LogP contribution in [0, 0.1) is 23.2 Å². The fourth-order valence-electron chi connectivity index (χ4n) is 3.16. The summed E-state index contributed by atoms with van der Waals surface area (Å²) in [6.07, 6.45) is 1.07. The molecule has 142 valence electrons. The molecule has 27 heavy (non-hydrogen) atoms. The summed E-state index contributed by atoms with van der Waals surface area (Å²) in [4.78, 5) is 12.3. The van der Waals surface area contributed by atoms with Crippen molar-refractivity contribution in [2.24, 2.45) is 11.8 Å². The van der Waals surface area contributed by atoms with Crippen molar-refractivity contribution in [1.82, 2.24) is 5.32 Å². The number of hydrogen-bond acceptors (Lipinski definition) is 3. The predicted octanol–water partition coefficient (Wildman–Crippen LogP) is 4.68. The van der Waals surface area contributed by atoms with E-state index in [0.717, 1.165) is 6.42 Å². The zero-order valence-corrected chi connectivity index (χ0v) is 16.6. The number of carbonyl (C=O) groups excluding carboxylic acids is 1. The zero-order chi connectivity index (χ0) is 19.8. The first kappa shape index (κ1) is 20.7. The molecule has 2 N–H and O–H groups in total. The molecule has 2 aromatic rings. The Bertz CT molecular complexity index is 788. The molecule has 1 atom stereocenters. The van der Waals surface area contributed by atoms with Gasteiger partial charge in [0.2, 0.25) is 5.91 Å². The fraction of sp³-hybridized carbons (Fsp3) is 0.391. The van der Waals surface area contributed by atoms with E-state index in [2.05, 4.69) is 68.7 Å². The van der Waals surface area contributed by atoms with Crippen LogP contribution in [0.4, 0.5) is 5.69 Å². The van der Waals surface area contributed by atoms with Gasteiger partial charge in [-0.3, -0.25) is 4.79 Å². The third kappa shape index (κ3) is 6.23. The van der Waals surface area contributed by atoms with Gasteiger partial charge in [0.05, 0.1) is 17.8 Å². The number of hydrogen-bond donors (Lipinski definition) is 2. The van der Waals surface area contributed by atoms with Gasteiger partial charge in [-0.05, 0) is 41.5 Å². The van der Waals surface area contributed by atoms with Gasteiger partial charge in [0.1, 0.15) is 6.07 Å². The molecule has 0 aromatic heterocycles. The zero-order valence-electron chi connectivity index (χ0n) is 16.6. The largest absolute Gasteiger partial charge is 0.324 e. The van der Waals surface area contributed by atoms with Crippen LogP contribution in [0.3, 0.4) is 0 Å². The van der Waals surface area contributed by atoms with Crippen molar-refractivity contribution in [3.05, 3.63) is 65.2 Å². The Morgan fingerprint density at radius 3 is 2.30 bits per heavy atom. The van der Waals surface area contributed by atoms with Gasteiger partial charge in [0.15, 0.2) is 0 Å². The van der Waals surface area contributed by atoms with E-state index in [0.29, 0.717) is 23.1 Å². The quantitative estimate of drug-likeness (QED) is 0.715. The van der Waals surface area contributed by atoms with Crippen molar-refractivity contribution >= 4 is 11.6 Å². The minimum atomic E-state index is -0.153. The van der Waals surface area contributed by atoms with E-state index >= 15 is 0 Å². The smallest absolute Gasteiger partial charge is 0.238 e. The van der Waals surface area contributed by atoms with E-state index in [-0.39, 0.29) is 18.5 Å². The van der Waals surface area contributed by atoms with E-state index in [1.807, 2.05) is 0 Å². The molecule has 2 rings (SSSR count). The second-order valence-electron chi connectivity index (χ2n) is 7.65. The molecule has 2 aromatic carbocycles. The minimum absolute atomic E-state index is 0.0926. The number of nitrogens with zero attached hydrogens (tertiary/aromatic N) is 1. The summed E-state index contributed by atoms with van der Waals surface area (Å²) in [6, 6.07) is 17.9. The lowest BCUT2D eigenvalue weighted by molar-refractivity contribution is -0.115. The Morgan fingerprint density at radius 2 is 1.70 bits per heavy atom. The van der Waals surface area contributed by atoms with Crippen molar-refractivity contribution in [3.63, 3.8) is 0 Å². The first-order valence-corrected chi connectivity index (χ1v) is 9.52. The number of nitriles is 1. The Morgan fingerprint density at radius 1 is 1.04 bits per heavy atom. The van der Waals surface area contributed by atoms with Crippen LogP contribution in [0.5, 0.6) is 0 Å². The SMILES string of the molecule is CC(C)Cc1ccc([C@H](NCC(=O)Nc2ccccc2C#N)C(C)C)cc1. The maximum atomic E-state index is 12.3. The van der Waals surface area contributed by atoms with Crippen molar-refractivity contribution in [3.8, 4) is 6.07 Å². The summed E-state index contributed by atoms with van der Waals surface area (Å²) in [6.45, 7) is 8.91. The van der Waals surface area contributed by atoms with Crippen LogP contribution < -0.4 is 10.6 Å². The molecule has 0 unspecified atom stereocenters. The lowest BCUT2D eigenvalue weighted by Crippen LogP contribution is -2.33. The number of anilines is 1. The second-order valence-corrected chi connectivity index (χ2v) is 7.65. The molecule has 0 heterocycles.